The van der Waals surface area contributed by atoms with Crippen molar-refractivity contribution in [2.24, 2.45) is 10.7 Å². The zero-order chi connectivity index (χ0) is 29.0. The third-order valence-corrected chi connectivity index (χ3v) is 7.24. The number of nitriles is 1. The smallest absolute Gasteiger partial charge is 0.320 e. The second-order valence-corrected chi connectivity index (χ2v) is 10.2. The molecule has 0 spiro atoms. The maximum Gasteiger partial charge on any atom is 0.320 e. The van der Waals surface area contributed by atoms with Crippen LogP contribution in [0.15, 0.2) is 52.5 Å². The minimum atomic E-state index is -1.63. The fourth-order valence-corrected chi connectivity index (χ4v) is 4.86. The molecule has 2 atom stereocenters. The van der Waals surface area contributed by atoms with E-state index in [-0.39, 0.29) is 29.2 Å². The van der Waals surface area contributed by atoms with Crippen LogP contribution < -0.4 is 15.2 Å². The SMILES string of the molecule is CN1CCN=C1c1cc(S(=O)CCC(N)C(=O)O)ccc1Oc1c(F)cnc(Oc2cc(C#N)ccc2O)c1F. The summed E-state index contributed by atoms with van der Waals surface area (Å²) in [4.78, 5) is 21.1. The first-order valence-electron chi connectivity index (χ1n) is 11.8. The van der Waals surface area contributed by atoms with Gasteiger partial charge in [0.25, 0.3) is 5.88 Å². The highest BCUT2D eigenvalue weighted by Gasteiger charge is 2.25. The van der Waals surface area contributed by atoms with Gasteiger partial charge in [0.2, 0.25) is 11.6 Å². The summed E-state index contributed by atoms with van der Waals surface area (Å²) < 4.78 is 54.0. The summed E-state index contributed by atoms with van der Waals surface area (Å²) in [6.45, 7) is 1.02. The van der Waals surface area contributed by atoms with E-state index in [1.54, 1.807) is 11.9 Å². The highest BCUT2D eigenvalue weighted by Crippen LogP contribution is 2.38. The van der Waals surface area contributed by atoms with Gasteiger partial charge in [0, 0.05) is 30.3 Å². The number of aliphatic imine (C=N–C) groups is 1. The van der Waals surface area contributed by atoms with Crippen molar-refractivity contribution in [3.8, 4) is 34.9 Å². The number of aromatic nitrogens is 1. The van der Waals surface area contributed by atoms with Gasteiger partial charge in [-0.15, -0.1) is 0 Å². The van der Waals surface area contributed by atoms with E-state index in [4.69, 9.17) is 25.6 Å². The van der Waals surface area contributed by atoms with Crippen molar-refractivity contribution in [1.29, 1.82) is 5.26 Å². The number of carboxylic acid groups (broad SMARTS) is 1. The van der Waals surface area contributed by atoms with Crippen LogP contribution in [0, 0.1) is 23.0 Å². The number of rotatable bonds is 10. The number of nitrogens with two attached hydrogens (primary N) is 1. The van der Waals surface area contributed by atoms with Gasteiger partial charge in [-0.05, 0) is 36.8 Å². The van der Waals surface area contributed by atoms with E-state index in [1.807, 2.05) is 6.07 Å². The topological polar surface area (TPSA) is 171 Å². The fraction of sp³-hybridized carbons (Fsp3) is 0.231. The van der Waals surface area contributed by atoms with Crippen LogP contribution in [0.4, 0.5) is 8.78 Å². The van der Waals surface area contributed by atoms with Gasteiger partial charge in [0.05, 0.1) is 40.7 Å². The monoisotopic (exact) mass is 571 g/mol. The number of aromatic hydroxyl groups is 1. The lowest BCUT2D eigenvalue weighted by Gasteiger charge is -2.19. The number of pyridine rings is 1. The van der Waals surface area contributed by atoms with Gasteiger partial charge in [0.15, 0.2) is 17.3 Å². The van der Waals surface area contributed by atoms with E-state index in [0.717, 1.165) is 6.07 Å². The number of aliphatic carboxylic acids is 1. The number of phenolic OH excluding ortho intramolecular Hbond substituents is 1. The van der Waals surface area contributed by atoms with E-state index in [1.165, 1.54) is 30.3 Å². The number of amidine groups is 1. The Morgan fingerprint density at radius 3 is 2.70 bits per heavy atom. The van der Waals surface area contributed by atoms with Crippen LogP contribution in [0.25, 0.3) is 0 Å². The zero-order valence-corrected chi connectivity index (χ0v) is 21.8. The number of nitrogens with zero attached hydrogens (tertiary/aromatic N) is 4. The molecule has 1 aliphatic heterocycles. The Morgan fingerprint density at radius 2 is 2.02 bits per heavy atom. The highest BCUT2D eigenvalue weighted by molar-refractivity contribution is 7.85. The van der Waals surface area contributed by atoms with Gasteiger partial charge in [-0.25, -0.2) is 9.37 Å². The second kappa shape index (κ2) is 12.1. The number of ether oxygens (including phenoxy) is 2. The molecule has 208 valence electrons. The number of carbonyl (C=O) groups is 1. The lowest BCUT2D eigenvalue weighted by molar-refractivity contribution is -0.138. The van der Waals surface area contributed by atoms with Crippen LogP contribution in [0.5, 0.6) is 28.9 Å². The Labute approximate surface area is 229 Å². The normalized spacial score (nSPS) is 14.3. The molecule has 4 rings (SSSR count). The van der Waals surface area contributed by atoms with Gasteiger partial charge in [-0.1, -0.05) is 0 Å². The first-order valence-corrected chi connectivity index (χ1v) is 13.1. The molecule has 40 heavy (non-hydrogen) atoms. The van der Waals surface area contributed by atoms with Gasteiger partial charge in [-0.2, -0.15) is 9.65 Å². The first kappa shape index (κ1) is 28.4. The van der Waals surface area contributed by atoms with E-state index >= 15 is 4.39 Å². The molecule has 0 saturated heterocycles. The molecular weight excluding hydrogens is 548 g/mol. The zero-order valence-electron chi connectivity index (χ0n) is 21.0. The predicted octanol–water partition coefficient (Wildman–Crippen LogP) is 3.12. The molecule has 1 aromatic heterocycles. The largest absolute Gasteiger partial charge is 0.504 e. The van der Waals surface area contributed by atoms with Crippen molar-refractivity contribution in [3.63, 3.8) is 0 Å². The second-order valence-electron chi connectivity index (χ2n) is 8.62. The molecule has 3 aromatic rings. The van der Waals surface area contributed by atoms with Crippen molar-refractivity contribution >= 4 is 22.6 Å². The molecule has 2 heterocycles. The summed E-state index contributed by atoms with van der Waals surface area (Å²) in [7, 11) is 0.122. The van der Waals surface area contributed by atoms with Crippen LogP contribution >= 0.6 is 0 Å². The summed E-state index contributed by atoms with van der Waals surface area (Å²) >= 11 is 0. The number of carboxylic acids is 1. The van der Waals surface area contributed by atoms with Crippen molar-refractivity contribution < 1.29 is 37.5 Å². The maximum absolute atomic E-state index is 15.4. The summed E-state index contributed by atoms with van der Waals surface area (Å²) in [6.07, 6.45) is 0.645. The fourth-order valence-electron chi connectivity index (χ4n) is 3.69. The number of hydrogen-bond donors (Lipinski definition) is 3. The Bertz CT molecular complexity index is 1560. The van der Waals surface area contributed by atoms with Gasteiger partial charge in [0.1, 0.15) is 17.6 Å². The maximum atomic E-state index is 15.4. The van der Waals surface area contributed by atoms with Crippen molar-refractivity contribution in [1.82, 2.24) is 9.88 Å². The Balaban J connectivity index is 1.68. The van der Waals surface area contributed by atoms with E-state index in [9.17, 15) is 18.5 Å². The molecule has 0 fully saturated rings. The molecule has 0 aliphatic carbocycles. The van der Waals surface area contributed by atoms with Crippen molar-refractivity contribution in [2.45, 2.75) is 17.4 Å². The summed E-state index contributed by atoms with van der Waals surface area (Å²) in [6, 6.07) is 8.65. The molecule has 0 saturated carbocycles. The molecule has 2 unspecified atom stereocenters. The number of phenols is 1. The molecule has 11 nitrogen and oxygen atoms in total. The molecule has 0 radical (unpaired) electrons. The molecule has 0 amide bonds. The van der Waals surface area contributed by atoms with E-state index in [0.29, 0.717) is 35.6 Å². The number of hydrogen-bond acceptors (Lipinski definition) is 10. The Morgan fingerprint density at radius 1 is 1.25 bits per heavy atom. The van der Waals surface area contributed by atoms with Gasteiger partial charge in [-0.3, -0.25) is 14.0 Å². The minimum Gasteiger partial charge on any atom is -0.504 e. The summed E-state index contributed by atoms with van der Waals surface area (Å²) in [5.41, 5.74) is 5.94. The lowest BCUT2D eigenvalue weighted by atomic mass is 10.1. The quantitative estimate of drug-likeness (QED) is 0.328. The number of likely N-dealkylation sites (N-methyl/N-ethyl adjacent to an activating group) is 1. The molecule has 1 aliphatic rings. The van der Waals surface area contributed by atoms with Crippen molar-refractivity contribution in [3.05, 3.63) is 65.4 Å². The summed E-state index contributed by atoms with van der Waals surface area (Å²) in [5, 5.41) is 28.1. The van der Waals surface area contributed by atoms with E-state index in [2.05, 4.69) is 9.98 Å². The average Bonchev–Trinajstić information content (AvgIpc) is 3.37. The highest BCUT2D eigenvalue weighted by atomic mass is 32.2. The number of halogens is 2. The van der Waals surface area contributed by atoms with Crippen LogP contribution in [0.3, 0.4) is 0 Å². The van der Waals surface area contributed by atoms with E-state index < -0.39 is 51.8 Å². The van der Waals surface area contributed by atoms with Crippen LogP contribution in [-0.2, 0) is 15.6 Å². The molecule has 4 N–H and O–H groups in total. The Hall–Kier alpha value is -4.61. The predicted molar refractivity (Wildman–Crippen MR) is 139 cm³/mol. The first-order chi connectivity index (χ1) is 19.1. The lowest BCUT2D eigenvalue weighted by Crippen LogP contribution is -2.31. The third-order valence-electron chi connectivity index (χ3n) is 5.85. The number of benzene rings is 2. The van der Waals surface area contributed by atoms with Crippen LogP contribution in [-0.4, -0.2) is 68.0 Å². The van der Waals surface area contributed by atoms with Crippen LogP contribution in [0.2, 0.25) is 0 Å². The molecule has 14 heteroatoms. The van der Waals surface area contributed by atoms with Crippen LogP contribution in [0.1, 0.15) is 17.5 Å². The molecule has 0 bridgehead atoms. The molecule has 2 aromatic carbocycles. The van der Waals surface area contributed by atoms with Crippen molar-refractivity contribution in [2.75, 3.05) is 25.9 Å². The Kier molecular flexibility index (Phi) is 8.56. The van der Waals surface area contributed by atoms with Gasteiger partial charge < -0.3 is 30.3 Å². The summed E-state index contributed by atoms with van der Waals surface area (Å²) in [5.74, 6) is -5.53. The van der Waals surface area contributed by atoms with Gasteiger partial charge >= 0.3 is 5.97 Å². The molecular formula is C26H23F2N5O6S. The minimum absolute atomic E-state index is 0.0141. The standard InChI is InChI=1S/C26H23F2N5O6S/c1-33-8-7-31-24(33)16-11-15(40(37)9-6-18(30)26(35)36)3-5-20(16)38-23-17(27)13-32-25(22(23)28)39-21-10-14(12-29)2-4-19(21)34/h2-5,10-11,13,18,34H,6-9,30H2,1H3,(H,35,36). The average molecular weight is 572 g/mol. The third kappa shape index (κ3) is 6.16.